The van der Waals surface area contributed by atoms with Crippen LogP contribution in [-0.4, -0.2) is 55.2 Å². The summed E-state index contributed by atoms with van der Waals surface area (Å²) in [7, 11) is -3.92. The highest BCUT2D eigenvalue weighted by Crippen LogP contribution is 2.41. The normalized spacial score (nSPS) is 19.8. The molecule has 2 fully saturated rings. The van der Waals surface area contributed by atoms with E-state index in [1.165, 1.54) is 0 Å². The first-order valence-electron chi connectivity index (χ1n) is 8.26. The molecular formula is C15H21N7O2S. The van der Waals surface area contributed by atoms with Gasteiger partial charge in [0.2, 0.25) is 10.0 Å². The molecule has 4 rings (SSSR count). The molecule has 0 atom stereocenters. The lowest BCUT2D eigenvalue weighted by atomic mass is 9.73. The summed E-state index contributed by atoms with van der Waals surface area (Å²) >= 11 is 0. The van der Waals surface area contributed by atoms with Gasteiger partial charge < -0.3 is 10.2 Å². The van der Waals surface area contributed by atoms with Gasteiger partial charge in [0.25, 0.3) is 0 Å². The zero-order valence-electron chi connectivity index (χ0n) is 14.0. The largest absolute Gasteiger partial charge is 0.371 e. The lowest BCUT2D eigenvalue weighted by Crippen LogP contribution is -2.58. The van der Waals surface area contributed by atoms with Gasteiger partial charge >= 0.3 is 0 Å². The molecule has 0 bridgehead atoms. The third-order valence-electron chi connectivity index (χ3n) is 5.36. The third kappa shape index (κ3) is 2.79. The Kier molecular flexibility index (Phi) is 3.78. The first kappa shape index (κ1) is 16.4. The molecule has 3 heterocycles. The fraction of sp³-hybridized carbons (Fsp3) is 0.533. The summed E-state index contributed by atoms with van der Waals surface area (Å²) in [6.07, 6.45) is 2.15. The van der Waals surface area contributed by atoms with Crippen molar-refractivity contribution >= 4 is 15.7 Å². The van der Waals surface area contributed by atoms with E-state index in [-0.39, 0.29) is 4.90 Å². The summed E-state index contributed by atoms with van der Waals surface area (Å²) in [4.78, 5) is 2.28. The number of anilines is 1. The topological polar surface area (TPSA) is 130 Å². The first-order chi connectivity index (χ1) is 11.9. The average Bonchev–Trinajstić information content (AvgIpc) is 3.06. The van der Waals surface area contributed by atoms with Crippen LogP contribution in [0.25, 0.3) is 11.4 Å². The molecule has 0 unspecified atom stereocenters. The molecule has 0 saturated carbocycles. The molecule has 2 aliphatic heterocycles. The molecular weight excluding hydrogens is 342 g/mol. The standard InChI is InChI=1S/C15H21N7O2S/c1-10-2-3-11(22-6-4-15(5-7-22)8-17-9-15)12(13(10)25(16,23)24)14-18-20-21-19-14/h2-3,17H,4-9H2,1H3,(H2,16,23,24)(H,18,19,20,21). The van der Waals surface area contributed by atoms with Gasteiger partial charge in [0.15, 0.2) is 5.82 Å². The van der Waals surface area contributed by atoms with E-state index >= 15 is 0 Å². The van der Waals surface area contributed by atoms with Gasteiger partial charge in [-0.2, -0.15) is 0 Å². The maximum atomic E-state index is 12.2. The minimum absolute atomic E-state index is 0.0779. The van der Waals surface area contributed by atoms with Gasteiger partial charge in [0.05, 0.1) is 10.5 Å². The van der Waals surface area contributed by atoms with Crippen LogP contribution < -0.4 is 15.4 Å². The highest BCUT2D eigenvalue weighted by atomic mass is 32.2. The Labute approximate surface area is 146 Å². The monoisotopic (exact) mass is 363 g/mol. The third-order valence-corrected chi connectivity index (χ3v) is 6.46. The predicted octanol–water partition coefficient (Wildman–Crippen LogP) is 0.0123. The van der Waals surface area contributed by atoms with Crippen molar-refractivity contribution in [1.82, 2.24) is 25.9 Å². The van der Waals surface area contributed by atoms with Gasteiger partial charge in [-0.25, -0.2) is 18.7 Å². The number of piperidine rings is 1. The van der Waals surface area contributed by atoms with Crippen LogP contribution in [0.5, 0.6) is 0 Å². The van der Waals surface area contributed by atoms with Crippen molar-refractivity contribution in [3.05, 3.63) is 17.7 Å². The van der Waals surface area contributed by atoms with E-state index < -0.39 is 10.0 Å². The summed E-state index contributed by atoms with van der Waals surface area (Å²) in [5.74, 6) is 0.313. The Hall–Kier alpha value is -2.04. The molecule has 2 saturated heterocycles. The van der Waals surface area contributed by atoms with Crippen LogP contribution in [0.2, 0.25) is 0 Å². The quantitative estimate of drug-likeness (QED) is 0.700. The van der Waals surface area contributed by atoms with Gasteiger partial charge in [-0.3, -0.25) is 0 Å². The smallest absolute Gasteiger partial charge is 0.239 e. The molecule has 2 aliphatic rings. The lowest BCUT2D eigenvalue weighted by Gasteiger charge is -2.49. The lowest BCUT2D eigenvalue weighted by molar-refractivity contribution is 0.126. The Morgan fingerprint density at radius 2 is 1.96 bits per heavy atom. The van der Waals surface area contributed by atoms with E-state index in [0.29, 0.717) is 22.4 Å². The van der Waals surface area contributed by atoms with E-state index in [1.807, 2.05) is 6.07 Å². The second-order valence-electron chi connectivity index (χ2n) is 6.99. The summed E-state index contributed by atoms with van der Waals surface area (Å²) in [5.41, 5.74) is 2.23. The van der Waals surface area contributed by atoms with E-state index in [4.69, 9.17) is 5.14 Å². The maximum absolute atomic E-state index is 12.2. The molecule has 10 heteroatoms. The second-order valence-corrected chi connectivity index (χ2v) is 8.49. The van der Waals surface area contributed by atoms with E-state index in [0.717, 1.165) is 44.7 Å². The fourth-order valence-electron chi connectivity index (χ4n) is 3.85. The SMILES string of the molecule is Cc1ccc(N2CCC3(CC2)CNC3)c(-c2nnn[nH]2)c1S(N)(=O)=O. The predicted molar refractivity (Wildman–Crippen MR) is 92.5 cm³/mol. The highest BCUT2D eigenvalue weighted by Gasteiger charge is 2.40. The van der Waals surface area contributed by atoms with Gasteiger partial charge in [-0.05, 0) is 47.2 Å². The molecule has 2 aromatic rings. The van der Waals surface area contributed by atoms with Gasteiger partial charge in [-0.15, -0.1) is 5.10 Å². The van der Waals surface area contributed by atoms with Crippen LogP contribution in [0.15, 0.2) is 17.0 Å². The van der Waals surface area contributed by atoms with Gasteiger partial charge in [0.1, 0.15) is 0 Å². The van der Waals surface area contributed by atoms with Crippen LogP contribution in [0.4, 0.5) is 5.69 Å². The molecule has 134 valence electrons. The highest BCUT2D eigenvalue weighted by molar-refractivity contribution is 7.89. The van der Waals surface area contributed by atoms with Crippen molar-refractivity contribution in [2.45, 2.75) is 24.7 Å². The number of aromatic nitrogens is 4. The molecule has 9 nitrogen and oxygen atoms in total. The van der Waals surface area contributed by atoms with Crippen molar-refractivity contribution in [2.24, 2.45) is 10.6 Å². The zero-order chi connectivity index (χ0) is 17.7. The number of hydrogen-bond donors (Lipinski definition) is 3. The fourth-order valence-corrected chi connectivity index (χ4v) is 4.86. The van der Waals surface area contributed by atoms with Crippen LogP contribution in [0, 0.1) is 12.3 Å². The van der Waals surface area contributed by atoms with E-state index in [2.05, 4.69) is 30.8 Å². The molecule has 1 aromatic heterocycles. The van der Waals surface area contributed by atoms with Gasteiger partial charge in [0, 0.05) is 31.9 Å². The summed E-state index contributed by atoms with van der Waals surface area (Å²) in [5, 5.41) is 22.7. The van der Waals surface area contributed by atoms with Crippen molar-refractivity contribution in [3.8, 4) is 11.4 Å². The van der Waals surface area contributed by atoms with Crippen molar-refractivity contribution in [2.75, 3.05) is 31.1 Å². The number of rotatable bonds is 3. The first-order valence-corrected chi connectivity index (χ1v) is 9.80. The zero-order valence-corrected chi connectivity index (χ0v) is 14.8. The van der Waals surface area contributed by atoms with Crippen LogP contribution in [-0.2, 0) is 10.0 Å². The van der Waals surface area contributed by atoms with Crippen molar-refractivity contribution in [3.63, 3.8) is 0 Å². The van der Waals surface area contributed by atoms with Crippen molar-refractivity contribution < 1.29 is 8.42 Å². The second kappa shape index (κ2) is 5.75. The molecule has 0 amide bonds. The summed E-state index contributed by atoms with van der Waals surface area (Å²) in [6.45, 7) is 5.58. The van der Waals surface area contributed by atoms with Crippen LogP contribution >= 0.6 is 0 Å². The Morgan fingerprint density at radius 3 is 2.48 bits per heavy atom. The Bertz CT molecular complexity index is 881. The van der Waals surface area contributed by atoms with Crippen LogP contribution in [0.1, 0.15) is 18.4 Å². The summed E-state index contributed by atoms with van der Waals surface area (Å²) in [6, 6.07) is 3.72. The maximum Gasteiger partial charge on any atom is 0.239 e. The number of sulfonamides is 1. The molecule has 1 aromatic carbocycles. The van der Waals surface area contributed by atoms with Gasteiger partial charge in [-0.1, -0.05) is 6.07 Å². The number of nitrogens with two attached hydrogens (primary N) is 1. The molecule has 0 aliphatic carbocycles. The van der Waals surface area contributed by atoms with E-state index in [9.17, 15) is 8.42 Å². The average molecular weight is 363 g/mol. The number of aryl methyl sites for hydroxylation is 1. The Balaban J connectivity index is 1.80. The molecule has 0 radical (unpaired) electrons. The van der Waals surface area contributed by atoms with E-state index in [1.54, 1.807) is 13.0 Å². The molecule has 1 spiro atoms. The number of nitrogens with zero attached hydrogens (tertiary/aromatic N) is 4. The number of aromatic amines is 1. The number of tetrazole rings is 1. The summed E-state index contributed by atoms with van der Waals surface area (Å²) < 4.78 is 24.5. The van der Waals surface area contributed by atoms with Crippen LogP contribution in [0.3, 0.4) is 0 Å². The molecule has 25 heavy (non-hydrogen) atoms. The minimum Gasteiger partial charge on any atom is -0.371 e. The number of primary sulfonamides is 1. The molecule has 4 N–H and O–H groups in total. The number of nitrogens with one attached hydrogen (secondary N) is 2. The number of benzene rings is 1. The Morgan fingerprint density at radius 1 is 1.24 bits per heavy atom. The van der Waals surface area contributed by atoms with Crippen molar-refractivity contribution in [1.29, 1.82) is 0 Å². The number of H-pyrrole nitrogens is 1. The minimum atomic E-state index is -3.92. The number of hydrogen-bond acceptors (Lipinski definition) is 7.